The lowest BCUT2D eigenvalue weighted by molar-refractivity contribution is 0.704. The fraction of sp³-hybridized carbons (Fsp3) is 0.375. The number of hydrogen-bond acceptors (Lipinski definition) is 6. The summed E-state index contributed by atoms with van der Waals surface area (Å²) in [5, 5.41) is 18.4. The molecule has 0 saturated carbocycles. The molecule has 24 heavy (non-hydrogen) atoms. The van der Waals surface area contributed by atoms with Crippen LogP contribution in [0.4, 0.5) is 0 Å². The van der Waals surface area contributed by atoms with Crippen molar-refractivity contribution >= 4 is 23.5 Å². The summed E-state index contributed by atoms with van der Waals surface area (Å²) in [5.41, 5.74) is 0. The van der Waals surface area contributed by atoms with Gasteiger partial charge in [0, 0.05) is 24.6 Å². The second kappa shape index (κ2) is 9.48. The SMILES string of the molecule is C=CCn1c(C)nnc1SC/C=C/CSc1nnc(C)n1CC=C. The summed E-state index contributed by atoms with van der Waals surface area (Å²) in [6.07, 6.45) is 7.99. The molecule has 0 atom stereocenters. The molecular weight excluding hydrogens is 340 g/mol. The number of nitrogens with zero attached hydrogens (tertiary/aromatic N) is 6. The Bertz CT molecular complexity index is 656. The summed E-state index contributed by atoms with van der Waals surface area (Å²) in [5.74, 6) is 3.53. The van der Waals surface area contributed by atoms with Crippen LogP contribution in [0.3, 0.4) is 0 Å². The molecule has 8 heteroatoms. The van der Waals surface area contributed by atoms with E-state index < -0.39 is 0 Å². The lowest BCUT2D eigenvalue weighted by Gasteiger charge is -2.04. The molecule has 2 aromatic rings. The van der Waals surface area contributed by atoms with Crippen molar-refractivity contribution in [2.75, 3.05) is 11.5 Å². The van der Waals surface area contributed by atoms with Gasteiger partial charge in [-0.15, -0.1) is 33.6 Å². The van der Waals surface area contributed by atoms with Gasteiger partial charge in [-0.25, -0.2) is 0 Å². The highest BCUT2D eigenvalue weighted by molar-refractivity contribution is 7.99. The van der Waals surface area contributed by atoms with Crippen molar-refractivity contribution in [3.8, 4) is 0 Å². The smallest absolute Gasteiger partial charge is 0.191 e. The Morgan fingerprint density at radius 1 is 0.792 bits per heavy atom. The van der Waals surface area contributed by atoms with Crippen LogP contribution < -0.4 is 0 Å². The summed E-state index contributed by atoms with van der Waals surface area (Å²) in [7, 11) is 0. The van der Waals surface area contributed by atoms with Crippen molar-refractivity contribution in [1.82, 2.24) is 29.5 Å². The first kappa shape index (κ1) is 18.5. The fourth-order valence-corrected chi connectivity index (χ4v) is 3.68. The summed E-state index contributed by atoms with van der Waals surface area (Å²) >= 11 is 3.34. The summed E-state index contributed by atoms with van der Waals surface area (Å²) < 4.78 is 4.11. The molecule has 0 unspecified atom stereocenters. The first-order chi connectivity index (χ1) is 11.7. The van der Waals surface area contributed by atoms with Gasteiger partial charge in [-0.2, -0.15) is 0 Å². The van der Waals surface area contributed by atoms with E-state index in [0.717, 1.165) is 46.6 Å². The van der Waals surface area contributed by atoms with Crippen LogP contribution in [0.25, 0.3) is 0 Å². The monoisotopic (exact) mass is 362 g/mol. The van der Waals surface area contributed by atoms with Crippen LogP contribution in [-0.4, -0.2) is 41.0 Å². The molecule has 0 aromatic carbocycles. The van der Waals surface area contributed by atoms with E-state index in [1.165, 1.54) is 0 Å². The van der Waals surface area contributed by atoms with Crippen LogP contribution >= 0.6 is 23.5 Å². The molecule has 0 bridgehead atoms. The van der Waals surface area contributed by atoms with Crippen LogP contribution in [0.2, 0.25) is 0 Å². The standard InChI is InChI=1S/C16H22N6S2/c1-5-9-21-13(3)17-19-15(21)23-11-7-8-12-24-16-20-18-14(4)22(16)10-6-2/h5-8H,1-2,9-12H2,3-4H3/b8-7+. The van der Waals surface area contributed by atoms with Gasteiger partial charge in [0.25, 0.3) is 0 Å². The zero-order valence-corrected chi connectivity index (χ0v) is 15.7. The van der Waals surface area contributed by atoms with Crippen LogP contribution in [0.1, 0.15) is 11.6 Å². The molecule has 0 amide bonds. The quantitative estimate of drug-likeness (QED) is 0.477. The normalized spacial score (nSPS) is 11.2. The Labute approximate surface area is 151 Å². The predicted molar refractivity (Wildman–Crippen MR) is 101 cm³/mol. The molecule has 2 heterocycles. The lowest BCUT2D eigenvalue weighted by Crippen LogP contribution is -2.00. The van der Waals surface area contributed by atoms with Gasteiger partial charge in [0.15, 0.2) is 10.3 Å². The predicted octanol–water partition coefficient (Wildman–Crippen LogP) is 3.30. The maximum Gasteiger partial charge on any atom is 0.191 e. The molecule has 0 aliphatic rings. The Balaban J connectivity index is 1.80. The van der Waals surface area contributed by atoms with E-state index in [2.05, 4.69) is 54.8 Å². The van der Waals surface area contributed by atoms with E-state index in [4.69, 9.17) is 0 Å². The average molecular weight is 363 g/mol. The number of rotatable bonds is 10. The first-order valence-electron chi connectivity index (χ1n) is 7.59. The molecule has 128 valence electrons. The molecule has 0 radical (unpaired) electrons. The molecule has 0 aliphatic carbocycles. The Kier molecular flexibility index (Phi) is 7.33. The molecule has 2 aromatic heterocycles. The van der Waals surface area contributed by atoms with E-state index >= 15 is 0 Å². The molecule has 0 saturated heterocycles. The highest BCUT2D eigenvalue weighted by Gasteiger charge is 2.08. The van der Waals surface area contributed by atoms with Gasteiger partial charge in [0.1, 0.15) is 11.6 Å². The van der Waals surface area contributed by atoms with Crippen LogP contribution in [0.5, 0.6) is 0 Å². The molecule has 0 aliphatic heterocycles. The molecule has 0 fully saturated rings. The molecule has 0 N–H and O–H groups in total. The third kappa shape index (κ3) is 4.85. The topological polar surface area (TPSA) is 61.4 Å². The van der Waals surface area contributed by atoms with E-state index in [-0.39, 0.29) is 0 Å². The highest BCUT2D eigenvalue weighted by Crippen LogP contribution is 2.19. The number of aromatic nitrogens is 6. The molecule has 2 rings (SSSR count). The largest absolute Gasteiger partial charge is 0.302 e. The van der Waals surface area contributed by atoms with Gasteiger partial charge in [-0.3, -0.25) is 0 Å². The van der Waals surface area contributed by atoms with Crippen molar-refractivity contribution in [2.24, 2.45) is 0 Å². The van der Waals surface area contributed by atoms with Gasteiger partial charge >= 0.3 is 0 Å². The van der Waals surface area contributed by atoms with Crippen molar-refractivity contribution in [3.63, 3.8) is 0 Å². The highest BCUT2D eigenvalue weighted by atomic mass is 32.2. The van der Waals surface area contributed by atoms with Gasteiger partial charge in [0.2, 0.25) is 0 Å². The zero-order valence-electron chi connectivity index (χ0n) is 14.1. The minimum atomic E-state index is 0.735. The van der Waals surface area contributed by atoms with E-state index in [1.807, 2.05) is 26.0 Å². The van der Waals surface area contributed by atoms with Gasteiger partial charge in [-0.1, -0.05) is 47.8 Å². The Morgan fingerprint density at radius 3 is 1.58 bits per heavy atom. The van der Waals surface area contributed by atoms with Crippen LogP contribution in [0, 0.1) is 13.8 Å². The first-order valence-corrected chi connectivity index (χ1v) is 9.56. The lowest BCUT2D eigenvalue weighted by atomic mass is 10.6. The number of hydrogen-bond donors (Lipinski definition) is 0. The Morgan fingerprint density at radius 2 is 1.21 bits per heavy atom. The fourth-order valence-electron chi connectivity index (χ4n) is 2.00. The van der Waals surface area contributed by atoms with Crippen molar-refractivity contribution in [3.05, 3.63) is 49.1 Å². The van der Waals surface area contributed by atoms with Crippen LogP contribution in [-0.2, 0) is 13.1 Å². The van der Waals surface area contributed by atoms with Crippen LogP contribution in [0.15, 0.2) is 47.8 Å². The summed E-state index contributed by atoms with van der Waals surface area (Å²) in [6.45, 7) is 12.9. The van der Waals surface area contributed by atoms with E-state index in [0.29, 0.717) is 0 Å². The van der Waals surface area contributed by atoms with Gasteiger partial charge < -0.3 is 9.13 Å². The van der Waals surface area contributed by atoms with E-state index in [1.54, 1.807) is 23.5 Å². The maximum absolute atomic E-state index is 4.19. The summed E-state index contributed by atoms with van der Waals surface area (Å²) in [4.78, 5) is 0. The van der Waals surface area contributed by atoms with Gasteiger partial charge in [0.05, 0.1) is 0 Å². The average Bonchev–Trinajstić information content (AvgIpc) is 3.09. The van der Waals surface area contributed by atoms with Gasteiger partial charge in [-0.05, 0) is 13.8 Å². The Hall–Kier alpha value is -1.80. The number of allylic oxidation sites excluding steroid dienone is 2. The number of thioether (sulfide) groups is 2. The third-order valence-electron chi connectivity index (χ3n) is 3.21. The minimum Gasteiger partial charge on any atom is -0.302 e. The zero-order chi connectivity index (χ0) is 17.4. The second-order valence-corrected chi connectivity index (χ2v) is 6.93. The van der Waals surface area contributed by atoms with Crippen molar-refractivity contribution in [2.45, 2.75) is 37.2 Å². The molecule has 0 spiro atoms. The van der Waals surface area contributed by atoms with Crippen molar-refractivity contribution < 1.29 is 0 Å². The molecule has 6 nitrogen and oxygen atoms in total. The summed E-state index contributed by atoms with van der Waals surface area (Å²) in [6, 6.07) is 0. The molecular formula is C16H22N6S2. The third-order valence-corrected chi connectivity index (χ3v) is 5.05. The maximum atomic E-state index is 4.19. The van der Waals surface area contributed by atoms with E-state index in [9.17, 15) is 0 Å². The minimum absolute atomic E-state index is 0.735. The second-order valence-electron chi connectivity index (χ2n) is 4.95. The number of aryl methyl sites for hydroxylation is 2. The van der Waals surface area contributed by atoms with Crippen molar-refractivity contribution in [1.29, 1.82) is 0 Å².